The van der Waals surface area contributed by atoms with Crippen LogP contribution in [0.1, 0.15) is 50.3 Å². The molecule has 2 aliphatic rings. The van der Waals surface area contributed by atoms with Crippen LogP contribution in [0.4, 0.5) is 0 Å². The van der Waals surface area contributed by atoms with E-state index in [1.807, 2.05) is 16.5 Å². The van der Waals surface area contributed by atoms with Crippen LogP contribution < -0.4 is 5.73 Å². The summed E-state index contributed by atoms with van der Waals surface area (Å²) in [6.07, 6.45) is 7.70. The Bertz CT molecular complexity index is 498. The van der Waals surface area contributed by atoms with E-state index in [-0.39, 0.29) is 24.4 Å². The number of halogens is 1. The molecule has 22 heavy (non-hydrogen) atoms. The predicted octanol–water partition coefficient (Wildman–Crippen LogP) is 1.46. The quantitative estimate of drug-likeness (QED) is 0.911. The summed E-state index contributed by atoms with van der Waals surface area (Å²) >= 11 is 0. The van der Waals surface area contributed by atoms with Crippen molar-refractivity contribution in [1.82, 2.24) is 19.7 Å². The molecular weight excluding hydrogens is 302 g/mol. The van der Waals surface area contributed by atoms with Crippen LogP contribution in [-0.4, -0.2) is 44.7 Å². The van der Waals surface area contributed by atoms with Crippen molar-refractivity contribution in [3.63, 3.8) is 0 Å². The maximum atomic E-state index is 12.4. The molecule has 2 atom stereocenters. The normalized spacial score (nSPS) is 26.0. The maximum absolute atomic E-state index is 12.4. The Morgan fingerprint density at radius 2 is 2.05 bits per heavy atom. The molecule has 0 bridgehead atoms. The van der Waals surface area contributed by atoms with Gasteiger partial charge in [-0.3, -0.25) is 4.79 Å². The fraction of sp³-hybridized carbons (Fsp3) is 0.800. The number of carbonyl (C=O) groups is 1. The number of aryl methyl sites for hydroxylation is 1. The van der Waals surface area contributed by atoms with Gasteiger partial charge < -0.3 is 15.2 Å². The third-order valence-corrected chi connectivity index (χ3v) is 5.11. The molecule has 6 nitrogen and oxygen atoms in total. The van der Waals surface area contributed by atoms with Gasteiger partial charge in [0.2, 0.25) is 5.91 Å². The lowest BCUT2D eigenvalue weighted by Crippen LogP contribution is -2.40. The molecule has 1 aromatic heterocycles. The summed E-state index contributed by atoms with van der Waals surface area (Å²) in [5, 5.41) is 8.14. The number of nitrogens with zero attached hydrogens (tertiary/aromatic N) is 4. The van der Waals surface area contributed by atoms with Crippen molar-refractivity contribution in [3.8, 4) is 0 Å². The molecule has 2 heterocycles. The average Bonchev–Trinajstić information content (AvgIpc) is 3.08. The molecule has 2 fully saturated rings. The van der Waals surface area contributed by atoms with Crippen molar-refractivity contribution < 1.29 is 4.79 Å². The Hall–Kier alpha value is -1.14. The summed E-state index contributed by atoms with van der Waals surface area (Å²) in [4.78, 5) is 14.4. The van der Waals surface area contributed by atoms with E-state index >= 15 is 0 Å². The third-order valence-electron chi connectivity index (χ3n) is 5.11. The lowest BCUT2D eigenvalue weighted by atomic mass is 9.94. The highest BCUT2D eigenvalue weighted by Gasteiger charge is 2.30. The number of aromatic nitrogens is 3. The molecular formula is C15H26ClN5O. The molecule has 1 aliphatic carbocycles. The van der Waals surface area contributed by atoms with Crippen LogP contribution in [-0.2, 0) is 11.8 Å². The molecule has 0 spiro atoms. The third kappa shape index (κ3) is 3.60. The summed E-state index contributed by atoms with van der Waals surface area (Å²) in [5.74, 6) is 2.15. The van der Waals surface area contributed by atoms with E-state index in [1.165, 1.54) is 6.42 Å². The van der Waals surface area contributed by atoms with Gasteiger partial charge >= 0.3 is 0 Å². The Labute approximate surface area is 137 Å². The van der Waals surface area contributed by atoms with E-state index in [0.717, 1.165) is 44.6 Å². The van der Waals surface area contributed by atoms with E-state index in [4.69, 9.17) is 5.73 Å². The second-order valence-electron chi connectivity index (χ2n) is 6.51. The highest BCUT2D eigenvalue weighted by atomic mass is 35.5. The number of hydrogen-bond acceptors (Lipinski definition) is 4. The van der Waals surface area contributed by atoms with Gasteiger partial charge in [-0.2, -0.15) is 0 Å². The van der Waals surface area contributed by atoms with Gasteiger partial charge in [-0.15, -0.1) is 22.6 Å². The van der Waals surface area contributed by atoms with Gasteiger partial charge in [0.15, 0.2) is 0 Å². The highest BCUT2D eigenvalue weighted by Crippen LogP contribution is 2.30. The Morgan fingerprint density at radius 3 is 2.59 bits per heavy atom. The molecule has 1 saturated carbocycles. The topological polar surface area (TPSA) is 77.0 Å². The van der Waals surface area contributed by atoms with Crippen molar-refractivity contribution in [1.29, 1.82) is 0 Å². The molecule has 2 N–H and O–H groups in total. The van der Waals surface area contributed by atoms with Crippen LogP contribution >= 0.6 is 12.4 Å². The highest BCUT2D eigenvalue weighted by molar-refractivity contribution is 5.85. The number of hydrogen-bond donors (Lipinski definition) is 1. The summed E-state index contributed by atoms with van der Waals surface area (Å²) in [6.45, 7) is 1.66. The fourth-order valence-corrected chi connectivity index (χ4v) is 3.72. The second-order valence-corrected chi connectivity index (χ2v) is 6.51. The van der Waals surface area contributed by atoms with Crippen LogP contribution in [0.25, 0.3) is 0 Å². The van der Waals surface area contributed by atoms with Gasteiger partial charge in [-0.1, -0.05) is 6.42 Å². The Balaban J connectivity index is 0.00000176. The summed E-state index contributed by atoms with van der Waals surface area (Å²) < 4.78 is 1.99. The first-order valence-corrected chi connectivity index (χ1v) is 8.02. The molecule has 1 saturated heterocycles. The molecule has 0 unspecified atom stereocenters. The van der Waals surface area contributed by atoms with Gasteiger partial charge in [0, 0.05) is 38.5 Å². The average molecular weight is 328 g/mol. The van der Waals surface area contributed by atoms with Crippen molar-refractivity contribution in [2.45, 2.75) is 50.5 Å². The van der Waals surface area contributed by atoms with Crippen molar-refractivity contribution in [3.05, 3.63) is 12.2 Å². The monoisotopic (exact) mass is 327 g/mol. The van der Waals surface area contributed by atoms with E-state index < -0.39 is 0 Å². The van der Waals surface area contributed by atoms with Crippen LogP contribution in [0.2, 0.25) is 0 Å². The minimum Gasteiger partial charge on any atom is -0.343 e. The summed E-state index contributed by atoms with van der Waals surface area (Å²) in [6, 6.07) is 0.227. The zero-order chi connectivity index (χ0) is 14.8. The van der Waals surface area contributed by atoms with Crippen LogP contribution in [0, 0.1) is 5.92 Å². The van der Waals surface area contributed by atoms with Crippen LogP contribution in [0.3, 0.4) is 0 Å². The number of carbonyl (C=O) groups excluding carboxylic acids is 1. The zero-order valence-electron chi connectivity index (χ0n) is 13.1. The number of likely N-dealkylation sites (tertiary alicyclic amines) is 1. The van der Waals surface area contributed by atoms with Gasteiger partial charge in [0.25, 0.3) is 0 Å². The van der Waals surface area contributed by atoms with E-state index in [2.05, 4.69) is 10.2 Å². The van der Waals surface area contributed by atoms with E-state index in [9.17, 15) is 4.79 Å². The summed E-state index contributed by atoms with van der Waals surface area (Å²) in [5.41, 5.74) is 6.07. The molecule has 0 aromatic carbocycles. The molecule has 124 valence electrons. The van der Waals surface area contributed by atoms with Crippen LogP contribution in [0.5, 0.6) is 0 Å². The van der Waals surface area contributed by atoms with E-state index in [0.29, 0.717) is 18.3 Å². The number of rotatable bonds is 3. The molecule has 0 radical (unpaired) electrons. The maximum Gasteiger partial charge on any atom is 0.222 e. The van der Waals surface area contributed by atoms with Gasteiger partial charge in [0.1, 0.15) is 12.2 Å². The lowest BCUT2D eigenvalue weighted by Gasteiger charge is -2.32. The largest absolute Gasteiger partial charge is 0.343 e. The van der Waals surface area contributed by atoms with Gasteiger partial charge in [-0.05, 0) is 31.6 Å². The molecule has 3 rings (SSSR count). The SMILES string of the molecule is Cl.Cn1cnnc1C1CCN(C(=O)C[C@@H]2CCC[C@H]2N)CC1. The zero-order valence-corrected chi connectivity index (χ0v) is 14.0. The fourth-order valence-electron chi connectivity index (χ4n) is 3.72. The van der Waals surface area contributed by atoms with Gasteiger partial charge in [-0.25, -0.2) is 0 Å². The number of amides is 1. The second kappa shape index (κ2) is 7.42. The van der Waals surface area contributed by atoms with E-state index in [1.54, 1.807) is 6.33 Å². The summed E-state index contributed by atoms with van der Waals surface area (Å²) in [7, 11) is 1.98. The minimum absolute atomic E-state index is 0. The van der Waals surface area contributed by atoms with Gasteiger partial charge in [0.05, 0.1) is 0 Å². The predicted molar refractivity (Wildman–Crippen MR) is 86.7 cm³/mol. The molecule has 1 aromatic rings. The number of nitrogens with two attached hydrogens (primary N) is 1. The first kappa shape index (κ1) is 17.2. The van der Waals surface area contributed by atoms with Crippen LogP contribution in [0.15, 0.2) is 6.33 Å². The lowest BCUT2D eigenvalue weighted by molar-refractivity contribution is -0.133. The first-order valence-electron chi connectivity index (χ1n) is 8.02. The Kier molecular flexibility index (Phi) is 5.81. The smallest absolute Gasteiger partial charge is 0.222 e. The first-order chi connectivity index (χ1) is 10.1. The molecule has 7 heteroatoms. The molecule has 1 aliphatic heterocycles. The van der Waals surface area contributed by atoms with Crippen molar-refractivity contribution in [2.24, 2.45) is 18.7 Å². The van der Waals surface area contributed by atoms with Crippen molar-refractivity contribution in [2.75, 3.05) is 13.1 Å². The molecule has 1 amide bonds. The van der Waals surface area contributed by atoms with Crippen molar-refractivity contribution >= 4 is 18.3 Å². The standard InChI is InChI=1S/C15H25N5O.ClH/c1-19-10-17-18-15(19)11-5-7-20(8-6-11)14(21)9-12-3-2-4-13(12)16;/h10-13H,2-9,16H2,1H3;1H/t12-,13+;/m0./s1. The Morgan fingerprint density at radius 1 is 1.32 bits per heavy atom. The number of piperidine rings is 1. The minimum atomic E-state index is 0.